The summed E-state index contributed by atoms with van der Waals surface area (Å²) >= 11 is 0. The zero-order chi connectivity index (χ0) is 13.5. The molecule has 0 radical (unpaired) electrons. The van der Waals surface area contributed by atoms with Crippen molar-refractivity contribution in [1.29, 1.82) is 0 Å². The van der Waals surface area contributed by atoms with Crippen molar-refractivity contribution >= 4 is 21.5 Å². The first-order chi connectivity index (χ1) is 7.58. The summed E-state index contributed by atoms with van der Waals surface area (Å²) in [5.74, 6) is 1.98. The molecule has 0 unspecified atom stereocenters. The van der Waals surface area contributed by atoms with Gasteiger partial charge in [0.15, 0.2) is 0 Å². The van der Waals surface area contributed by atoms with Gasteiger partial charge in [0.05, 0.1) is 0 Å². The third-order valence-electron chi connectivity index (χ3n) is 1.20. The second kappa shape index (κ2) is 9.08. The van der Waals surface area contributed by atoms with Crippen LogP contribution in [0, 0.1) is 5.82 Å². The molecule has 0 spiro atoms. The Kier molecular flexibility index (Phi) is 10.3. The molecule has 0 fully saturated rings. The number of rotatable bonds is 2. The fourth-order valence-electron chi connectivity index (χ4n) is 0.708. The van der Waals surface area contributed by atoms with E-state index in [-0.39, 0.29) is 26.2 Å². The Morgan fingerprint density at radius 3 is 1.67 bits per heavy atom. The quantitative estimate of drug-likeness (QED) is 0.381. The van der Waals surface area contributed by atoms with Crippen molar-refractivity contribution in [2.45, 2.75) is 0 Å². The topological polar surface area (TPSA) is 135 Å². The van der Waals surface area contributed by atoms with Crippen molar-refractivity contribution in [3.05, 3.63) is 41.7 Å². The van der Waals surface area contributed by atoms with Crippen LogP contribution in [-0.2, 0) is 35.3 Å². The van der Waals surface area contributed by atoms with Gasteiger partial charge in [-0.3, -0.25) is 4.57 Å². The van der Waals surface area contributed by atoms with Crippen molar-refractivity contribution in [3.63, 3.8) is 0 Å². The second-order valence-electron chi connectivity index (χ2n) is 2.74. The van der Waals surface area contributed by atoms with E-state index < -0.39 is 15.4 Å². The average Bonchev–Trinajstić information content (AvgIpc) is 2.13. The zero-order valence-corrected chi connectivity index (χ0v) is 13.2. The van der Waals surface area contributed by atoms with Gasteiger partial charge >= 0.3 is 7.82 Å². The molecule has 1 rings (SSSR count). The molecule has 0 aliphatic heterocycles. The van der Waals surface area contributed by atoms with E-state index in [4.69, 9.17) is 29.0 Å². The minimum atomic E-state index is -4.64. The van der Waals surface area contributed by atoms with Crippen molar-refractivity contribution in [2.24, 2.45) is 0 Å². The monoisotopic (exact) mass is 371 g/mol. The van der Waals surface area contributed by atoms with E-state index in [0.29, 0.717) is 0 Å². The molecule has 5 N–H and O–H groups in total. The minimum Gasteiger partial charge on any atom is -0.335 e. The van der Waals surface area contributed by atoms with Gasteiger partial charge < -0.3 is 24.5 Å². The van der Waals surface area contributed by atoms with E-state index in [1.807, 2.05) is 11.9 Å². The van der Waals surface area contributed by atoms with Crippen LogP contribution < -0.4 is 0 Å². The van der Waals surface area contributed by atoms with E-state index in [9.17, 15) is 4.57 Å². The molecular formula is C8H11O7P2Zr-. The molecule has 0 saturated heterocycles. The van der Waals surface area contributed by atoms with Crippen LogP contribution in [0.1, 0.15) is 5.56 Å². The second-order valence-corrected chi connectivity index (χ2v) is 5.11. The number of phosphoric acid groups is 1. The maximum absolute atomic E-state index is 10.4. The average molecular weight is 372 g/mol. The molecular weight excluding hydrogens is 361 g/mol. The van der Waals surface area contributed by atoms with Crippen LogP contribution in [0.15, 0.2) is 30.3 Å². The van der Waals surface area contributed by atoms with Crippen LogP contribution in [0.2, 0.25) is 0 Å². The molecule has 0 aliphatic carbocycles. The Bertz CT molecular complexity index is 442. The summed E-state index contributed by atoms with van der Waals surface area (Å²) in [6.45, 7) is 0. The fraction of sp³-hybridized carbons (Fsp3) is 0. The van der Waals surface area contributed by atoms with Crippen molar-refractivity contribution in [3.8, 4) is 0 Å². The fourth-order valence-corrected chi connectivity index (χ4v) is 1.03. The summed E-state index contributed by atoms with van der Waals surface area (Å²) in [6.07, 6.45) is 1.28. The number of hydrogen-bond donors (Lipinski definition) is 5. The van der Waals surface area contributed by atoms with E-state index in [1.165, 1.54) is 6.08 Å². The van der Waals surface area contributed by atoms with Crippen LogP contribution >= 0.6 is 15.4 Å². The molecule has 10 heteroatoms. The molecule has 0 amide bonds. The minimum absolute atomic E-state index is 0. The van der Waals surface area contributed by atoms with Crippen LogP contribution in [0.4, 0.5) is 0 Å². The Morgan fingerprint density at radius 2 is 1.33 bits per heavy atom. The van der Waals surface area contributed by atoms with Crippen LogP contribution in [0.3, 0.4) is 0 Å². The Hall–Kier alpha value is 0.103. The van der Waals surface area contributed by atoms with Gasteiger partial charge in [0.25, 0.3) is 7.60 Å². The summed E-state index contributed by atoms with van der Waals surface area (Å²) in [5, 5.41) is 0. The summed E-state index contributed by atoms with van der Waals surface area (Å²) < 4.78 is 19.2. The maximum atomic E-state index is 10.4. The largest absolute Gasteiger partial charge is 0.466 e. The number of hydrogen-bond acceptors (Lipinski definition) is 2. The van der Waals surface area contributed by atoms with Crippen LogP contribution in [0.25, 0.3) is 6.08 Å². The number of benzene rings is 1. The molecule has 1 aromatic rings. The Balaban J connectivity index is 0. The molecule has 0 atom stereocenters. The third-order valence-corrected chi connectivity index (χ3v) is 1.66. The van der Waals surface area contributed by atoms with E-state index in [0.717, 1.165) is 5.56 Å². The molecule has 0 bridgehead atoms. The molecule has 0 aromatic heterocycles. The Labute approximate surface area is 123 Å². The summed E-state index contributed by atoms with van der Waals surface area (Å²) in [5.41, 5.74) is 0.723. The van der Waals surface area contributed by atoms with Crippen molar-refractivity contribution in [2.75, 3.05) is 0 Å². The molecule has 7 nitrogen and oxygen atoms in total. The van der Waals surface area contributed by atoms with Crippen molar-refractivity contribution < 1.29 is 59.8 Å². The van der Waals surface area contributed by atoms with Crippen molar-refractivity contribution in [1.82, 2.24) is 0 Å². The molecule has 0 saturated carbocycles. The van der Waals surface area contributed by atoms with E-state index >= 15 is 0 Å². The van der Waals surface area contributed by atoms with Gasteiger partial charge in [-0.1, -0.05) is 18.2 Å². The molecule has 18 heavy (non-hydrogen) atoms. The van der Waals surface area contributed by atoms with Gasteiger partial charge in [-0.2, -0.15) is 11.4 Å². The van der Waals surface area contributed by atoms with Crippen LogP contribution in [0.5, 0.6) is 0 Å². The molecule has 1 aromatic carbocycles. The van der Waals surface area contributed by atoms with Gasteiger partial charge in [-0.15, -0.1) is 12.1 Å². The maximum Gasteiger partial charge on any atom is 0.466 e. The van der Waals surface area contributed by atoms with Crippen LogP contribution in [-0.4, -0.2) is 24.5 Å². The smallest absolute Gasteiger partial charge is 0.335 e. The molecule has 100 valence electrons. The van der Waals surface area contributed by atoms with E-state index in [1.54, 1.807) is 24.3 Å². The van der Waals surface area contributed by atoms with Gasteiger partial charge in [0, 0.05) is 26.2 Å². The molecule has 0 aliphatic rings. The first kappa shape index (κ1) is 20.4. The Morgan fingerprint density at radius 1 is 0.944 bits per heavy atom. The predicted octanol–water partition coefficient (Wildman–Crippen LogP) is 0.707. The molecule has 0 heterocycles. The van der Waals surface area contributed by atoms with Gasteiger partial charge in [-0.25, -0.2) is 10.6 Å². The third kappa shape index (κ3) is 18.5. The SMILES string of the molecule is O=P(O)(O)O.O=P(O)(O)[C-]=Cc1ccccc1.[Zr]. The summed E-state index contributed by atoms with van der Waals surface area (Å²) in [4.78, 5) is 38.5. The predicted molar refractivity (Wildman–Crippen MR) is 60.5 cm³/mol. The van der Waals surface area contributed by atoms with Gasteiger partial charge in [-0.05, 0) is 0 Å². The first-order valence-corrected chi connectivity index (χ1v) is 7.25. The summed E-state index contributed by atoms with van der Waals surface area (Å²) in [7, 11) is -8.78. The van der Waals surface area contributed by atoms with Gasteiger partial charge in [0.1, 0.15) is 0 Å². The normalized spacial score (nSPS) is 11.4. The van der Waals surface area contributed by atoms with E-state index in [2.05, 4.69) is 0 Å². The zero-order valence-electron chi connectivity index (χ0n) is 8.91. The standard InChI is InChI=1S/C8H8O3P.H3O4P.Zr/c9-12(10,11)7-6-8-4-2-1-3-5-8;1-5(2,3)4;/h1-6H,(H2,9,10,11);(H3,1,2,3,4);/q-1;;. The summed E-state index contributed by atoms with van der Waals surface area (Å²) in [6, 6.07) is 8.88. The first-order valence-electron chi connectivity index (χ1n) is 4.08. The van der Waals surface area contributed by atoms with Gasteiger partial charge in [0.2, 0.25) is 0 Å².